The Morgan fingerprint density at radius 3 is 2.43 bits per heavy atom. The van der Waals surface area contributed by atoms with Crippen molar-refractivity contribution in [3.05, 3.63) is 162 Å². The molecule has 0 saturated heterocycles. The number of rotatable bonds is 6. The Bertz CT molecular complexity index is 2860. The Labute approximate surface area is 297 Å². The average Bonchev–Trinajstić information content (AvgIpc) is 3.87. The number of aliphatic imine (C=N–C) groups is 1. The molecule has 0 aliphatic heterocycles. The summed E-state index contributed by atoms with van der Waals surface area (Å²) in [6.07, 6.45) is 6.54. The molecule has 3 aromatic heterocycles. The van der Waals surface area contributed by atoms with Gasteiger partial charge in [0.2, 0.25) is 0 Å². The number of nitrogens with zero attached hydrogens (tertiary/aromatic N) is 1. The van der Waals surface area contributed by atoms with E-state index in [0.29, 0.717) is 0 Å². The van der Waals surface area contributed by atoms with Gasteiger partial charge in [0, 0.05) is 53.7 Å². The number of furan rings is 2. The summed E-state index contributed by atoms with van der Waals surface area (Å²) in [5.74, 6) is 1.02. The Morgan fingerprint density at radius 1 is 0.725 bits per heavy atom. The molecule has 0 radical (unpaired) electrons. The Balaban J connectivity index is 1.03. The second kappa shape index (κ2) is 12.0. The van der Waals surface area contributed by atoms with Crippen molar-refractivity contribution in [2.75, 3.05) is 0 Å². The third-order valence-corrected chi connectivity index (χ3v) is 11.2. The molecule has 3 heterocycles. The van der Waals surface area contributed by atoms with E-state index in [9.17, 15) is 5.41 Å². The maximum absolute atomic E-state index is 9.22. The lowest BCUT2D eigenvalue weighted by atomic mass is 9.89. The minimum atomic E-state index is -0.458. The van der Waals surface area contributed by atoms with Crippen LogP contribution in [0.5, 0.6) is 0 Å². The van der Waals surface area contributed by atoms with Crippen LogP contribution in [0.3, 0.4) is 0 Å². The zero-order chi connectivity index (χ0) is 33.9. The van der Waals surface area contributed by atoms with Crippen LogP contribution in [0, 0.1) is 5.41 Å². The van der Waals surface area contributed by atoms with Crippen LogP contribution in [0.4, 0.5) is 0 Å². The SMILES string of the molecule is N=C(NC(/N=C/c1ccccc1)C1CC=Cc2c1oc1ccc(-c3cccc4c3sc3ccccc34)cc21)c1ccc2c(c1)oc1ccccc12. The summed E-state index contributed by atoms with van der Waals surface area (Å²) < 4.78 is 15.4. The smallest absolute Gasteiger partial charge is 0.136 e. The van der Waals surface area contributed by atoms with E-state index in [1.807, 2.05) is 84.3 Å². The van der Waals surface area contributed by atoms with Crippen LogP contribution >= 0.6 is 11.3 Å². The van der Waals surface area contributed by atoms with Crippen LogP contribution in [0.25, 0.3) is 70.3 Å². The highest BCUT2D eigenvalue weighted by molar-refractivity contribution is 7.26. The van der Waals surface area contributed by atoms with Crippen LogP contribution < -0.4 is 5.32 Å². The van der Waals surface area contributed by atoms with Gasteiger partial charge in [-0.05, 0) is 59.5 Å². The first-order valence-corrected chi connectivity index (χ1v) is 18.0. The summed E-state index contributed by atoms with van der Waals surface area (Å²) in [6.45, 7) is 0. The van der Waals surface area contributed by atoms with Crippen molar-refractivity contribution < 1.29 is 8.83 Å². The number of hydrogen-bond donors (Lipinski definition) is 2. The third kappa shape index (κ3) is 5.06. The fourth-order valence-electron chi connectivity index (χ4n) is 7.50. The predicted molar refractivity (Wildman–Crippen MR) is 212 cm³/mol. The van der Waals surface area contributed by atoms with E-state index in [0.717, 1.165) is 61.8 Å². The molecule has 6 aromatic carbocycles. The van der Waals surface area contributed by atoms with Gasteiger partial charge in [-0.1, -0.05) is 109 Å². The molecule has 0 spiro atoms. The van der Waals surface area contributed by atoms with Gasteiger partial charge in [-0.25, -0.2) is 0 Å². The van der Waals surface area contributed by atoms with Gasteiger partial charge in [-0.2, -0.15) is 0 Å². The molecule has 9 aromatic rings. The summed E-state index contributed by atoms with van der Waals surface area (Å²) in [5, 5.41) is 18.5. The number of para-hydroxylation sites is 1. The summed E-state index contributed by atoms with van der Waals surface area (Å²) in [4.78, 5) is 5.08. The second-order valence-corrected chi connectivity index (χ2v) is 14.1. The number of fused-ring (bicyclic) bond motifs is 9. The molecule has 2 N–H and O–H groups in total. The number of allylic oxidation sites excluding steroid dienone is 1. The summed E-state index contributed by atoms with van der Waals surface area (Å²) in [7, 11) is 0. The molecule has 0 saturated carbocycles. The van der Waals surface area contributed by atoms with Crippen molar-refractivity contribution in [2.24, 2.45) is 4.99 Å². The predicted octanol–water partition coefficient (Wildman–Crippen LogP) is 11.9. The van der Waals surface area contributed by atoms with Crippen LogP contribution in [0.15, 0.2) is 153 Å². The van der Waals surface area contributed by atoms with Crippen LogP contribution in [0.2, 0.25) is 0 Å². The van der Waals surface area contributed by atoms with E-state index in [1.165, 1.54) is 31.3 Å². The van der Waals surface area contributed by atoms with E-state index < -0.39 is 6.17 Å². The van der Waals surface area contributed by atoms with Gasteiger partial charge >= 0.3 is 0 Å². The van der Waals surface area contributed by atoms with E-state index in [4.69, 9.17) is 13.8 Å². The number of nitrogens with one attached hydrogen (secondary N) is 2. The average molecular weight is 678 g/mol. The van der Waals surface area contributed by atoms with Gasteiger partial charge in [-0.3, -0.25) is 10.4 Å². The van der Waals surface area contributed by atoms with Gasteiger partial charge < -0.3 is 14.2 Å². The molecule has 6 heteroatoms. The summed E-state index contributed by atoms with van der Waals surface area (Å²) in [5.41, 5.74) is 7.63. The van der Waals surface area contributed by atoms with E-state index in [-0.39, 0.29) is 11.8 Å². The molecule has 1 aliphatic carbocycles. The highest BCUT2D eigenvalue weighted by Crippen LogP contribution is 2.43. The minimum absolute atomic E-state index is 0.137. The molecule has 2 unspecified atom stereocenters. The molecular weight excluding hydrogens is 647 g/mol. The van der Waals surface area contributed by atoms with Crippen molar-refractivity contribution in [3.63, 3.8) is 0 Å². The van der Waals surface area contributed by atoms with Crippen LogP contribution in [-0.2, 0) is 0 Å². The van der Waals surface area contributed by atoms with Gasteiger partial charge in [0.05, 0.1) is 5.92 Å². The second-order valence-electron chi connectivity index (χ2n) is 13.1. The molecule has 244 valence electrons. The quantitative estimate of drug-likeness (QED) is 0.136. The van der Waals surface area contributed by atoms with Gasteiger partial charge in [0.25, 0.3) is 0 Å². The summed E-state index contributed by atoms with van der Waals surface area (Å²) >= 11 is 1.84. The number of benzene rings is 6. The first-order valence-electron chi connectivity index (χ1n) is 17.2. The lowest BCUT2D eigenvalue weighted by Crippen LogP contribution is -2.38. The lowest BCUT2D eigenvalue weighted by Gasteiger charge is -2.26. The Hall–Kier alpha value is -6.24. The molecular formula is C45H31N3O2S. The van der Waals surface area contributed by atoms with Crippen molar-refractivity contribution in [1.82, 2.24) is 5.32 Å². The van der Waals surface area contributed by atoms with Crippen molar-refractivity contribution >= 4 is 82.5 Å². The maximum atomic E-state index is 9.22. The maximum Gasteiger partial charge on any atom is 0.136 e. The zero-order valence-corrected chi connectivity index (χ0v) is 28.3. The molecule has 51 heavy (non-hydrogen) atoms. The van der Waals surface area contributed by atoms with Gasteiger partial charge in [0.1, 0.15) is 34.5 Å². The van der Waals surface area contributed by atoms with E-state index in [2.05, 4.69) is 84.2 Å². The standard InChI is InChI=1S/C45H31N3O2S/c46-44(29-20-22-32-31-12-4-6-18-38(31)49-40(32)25-29)48-45(47-26-27-10-2-1-3-11-27)36-17-9-15-34-37-24-28(21-23-39(37)50-42(34)36)30-14-8-16-35-33-13-5-7-19-41(33)51-43(30)35/h1-16,18-26,36,45H,17H2,(H2,46,48)/b47-26+. The van der Waals surface area contributed by atoms with Gasteiger partial charge in [-0.15, -0.1) is 11.3 Å². The highest BCUT2D eigenvalue weighted by Gasteiger charge is 2.31. The minimum Gasteiger partial charge on any atom is -0.460 e. The topological polar surface area (TPSA) is 74.5 Å². The monoisotopic (exact) mass is 677 g/mol. The molecule has 0 bridgehead atoms. The lowest BCUT2D eigenvalue weighted by molar-refractivity contribution is 0.419. The first-order chi connectivity index (χ1) is 25.2. The molecule has 1 aliphatic rings. The number of thiophene rings is 1. The van der Waals surface area contributed by atoms with Crippen molar-refractivity contribution in [2.45, 2.75) is 18.5 Å². The normalized spacial score (nSPS) is 15.0. The fraction of sp³-hybridized carbons (Fsp3) is 0.0667. The molecule has 10 rings (SSSR count). The van der Waals surface area contributed by atoms with Crippen molar-refractivity contribution in [3.8, 4) is 11.1 Å². The molecule has 5 nitrogen and oxygen atoms in total. The van der Waals surface area contributed by atoms with Crippen molar-refractivity contribution in [1.29, 1.82) is 5.41 Å². The van der Waals surface area contributed by atoms with E-state index in [1.54, 1.807) is 0 Å². The number of amidine groups is 1. The molecule has 0 fully saturated rings. The zero-order valence-electron chi connectivity index (χ0n) is 27.5. The van der Waals surface area contributed by atoms with Crippen LogP contribution in [0.1, 0.15) is 34.8 Å². The fourth-order valence-corrected chi connectivity index (χ4v) is 8.73. The van der Waals surface area contributed by atoms with Gasteiger partial charge in [0.15, 0.2) is 0 Å². The number of hydrogen-bond acceptors (Lipinski definition) is 5. The Kier molecular flexibility index (Phi) is 6.96. The highest BCUT2D eigenvalue weighted by atomic mass is 32.1. The third-order valence-electron chi connectivity index (χ3n) is 10.0. The Morgan fingerprint density at radius 2 is 1.51 bits per heavy atom. The molecule has 0 amide bonds. The largest absolute Gasteiger partial charge is 0.460 e. The summed E-state index contributed by atoms with van der Waals surface area (Å²) in [6, 6.07) is 45.8. The van der Waals surface area contributed by atoms with E-state index >= 15 is 0 Å². The molecule has 2 atom stereocenters. The van der Waals surface area contributed by atoms with Crippen LogP contribution in [-0.4, -0.2) is 18.2 Å². The first kappa shape index (κ1) is 29.7.